The van der Waals surface area contributed by atoms with Crippen LogP contribution in [0.1, 0.15) is 49.9 Å². The zero-order valence-electron chi connectivity index (χ0n) is 28.1. The van der Waals surface area contributed by atoms with Crippen molar-refractivity contribution in [1.29, 1.82) is 0 Å². The lowest BCUT2D eigenvalue weighted by Crippen LogP contribution is -2.18. The van der Waals surface area contributed by atoms with Gasteiger partial charge in [-0.3, -0.25) is 0 Å². The minimum atomic E-state index is -3.89. The Bertz CT molecular complexity index is 2060. The van der Waals surface area contributed by atoms with Crippen LogP contribution in [0.3, 0.4) is 0 Å². The molecular formula is C42H40N2O4S. The van der Waals surface area contributed by atoms with Crippen LogP contribution >= 0.6 is 0 Å². The number of ether oxygens (including phenoxy) is 2. The number of nitrogens with two attached hydrogens (primary N) is 2. The Labute approximate surface area is 288 Å². The van der Waals surface area contributed by atoms with Gasteiger partial charge in [0.1, 0.15) is 23.0 Å². The average molecular weight is 669 g/mol. The summed E-state index contributed by atoms with van der Waals surface area (Å²) in [5, 5.41) is 0. The summed E-state index contributed by atoms with van der Waals surface area (Å²) >= 11 is 0. The van der Waals surface area contributed by atoms with E-state index in [4.69, 9.17) is 20.9 Å². The molecule has 0 bridgehead atoms. The van der Waals surface area contributed by atoms with E-state index in [0.29, 0.717) is 34.4 Å². The first kappa shape index (κ1) is 33.4. The minimum Gasteiger partial charge on any atom is -0.457 e. The van der Waals surface area contributed by atoms with Crippen LogP contribution in [0.4, 0.5) is 11.4 Å². The predicted molar refractivity (Wildman–Crippen MR) is 197 cm³/mol. The highest BCUT2D eigenvalue weighted by Crippen LogP contribution is 2.37. The molecule has 6 aromatic carbocycles. The fraction of sp³-hybridized carbons (Fsp3) is 0.143. The maximum atomic E-state index is 13.8. The highest BCUT2D eigenvalue weighted by molar-refractivity contribution is 7.91. The highest BCUT2D eigenvalue weighted by Gasteiger charge is 2.25. The fourth-order valence-corrected chi connectivity index (χ4v) is 7.18. The van der Waals surface area contributed by atoms with Gasteiger partial charge in [0.2, 0.25) is 9.84 Å². The van der Waals surface area contributed by atoms with Crippen molar-refractivity contribution in [2.24, 2.45) is 0 Å². The van der Waals surface area contributed by atoms with E-state index < -0.39 is 9.84 Å². The van der Waals surface area contributed by atoms with Gasteiger partial charge in [-0.15, -0.1) is 0 Å². The lowest BCUT2D eigenvalue weighted by molar-refractivity contribution is 0.477. The summed E-state index contributed by atoms with van der Waals surface area (Å²) in [6, 6.07) is 44.4. The Morgan fingerprint density at radius 3 is 1.12 bits per heavy atom. The SMILES string of the molecule is CC(C)(c1ccc(N)cc1)c1cccc(Oc2cccc(S(=O)(=O)c3cccc(Oc4cccc(C(C)(C)c5ccc(N)cc5)c4)c3)c2)c1. The zero-order valence-corrected chi connectivity index (χ0v) is 28.9. The molecule has 0 amide bonds. The molecule has 49 heavy (non-hydrogen) atoms. The van der Waals surface area contributed by atoms with Gasteiger partial charge < -0.3 is 20.9 Å². The summed E-state index contributed by atoms with van der Waals surface area (Å²) < 4.78 is 40.1. The second-order valence-electron chi connectivity index (χ2n) is 13.2. The molecule has 6 rings (SSSR count). The Morgan fingerprint density at radius 1 is 0.429 bits per heavy atom. The standard InChI is InChI=1S/C42H40N2O4S/c1-41(2,29-17-21-33(43)22-18-29)31-9-5-11-35(25-31)47-37-13-7-15-39(27-37)49(45,46)40-16-8-14-38(28-40)48-36-12-6-10-32(26-36)42(3,4)30-19-23-34(44)24-20-30/h5-28H,43-44H2,1-4H3. The van der Waals surface area contributed by atoms with E-state index >= 15 is 0 Å². The van der Waals surface area contributed by atoms with E-state index in [2.05, 4.69) is 39.8 Å². The molecule has 0 radical (unpaired) electrons. The van der Waals surface area contributed by atoms with Crippen LogP contribution in [-0.2, 0) is 20.7 Å². The van der Waals surface area contributed by atoms with Crippen molar-refractivity contribution >= 4 is 21.2 Å². The van der Waals surface area contributed by atoms with E-state index in [1.54, 1.807) is 48.5 Å². The zero-order chi connectivity index (χ0) is 34.8. The second-order valence-corrected chi connectivity index (χ2v) is 15.2. The van der Waals surface area contributed by atoms with Crippen molar-refractivity contribution in [2.75, 3.05) is 11.5 Å². The third kappa shape index (κ3) is 7.17. The number of sulfone groups is 1. The van der Waals surface area contributed by atoms with Gasteiger partial charge in [-0.1, -0.05) is 88.4 Å². The molecule has 0 aliphatic rings. The number of hydrogen-bond acceptors (Lipinski definition) is 6. The van der Waals surface area contributed by atoms with Crippen molar-refractivity contribution < 1.29 is 17.9 Å². The molecule has 0 saturated heterocycles. The van der Waals surface area contributed by atoms with Gasteiger partial charge in [-0.25, -0.2) is 8.42 Å². The van der Waals surface area contributed by atoms with Crippen molar-refractivity contribution in [1.82, 2.24) is 0 Å². The number of nitrogen functional groups attached to an aromatic ring is 2. The lowest BCUT2D eigenvalue weighted by atomic mass is 9.78. The van der Waals surface area contributed by atoms with Crippen LogP contribution in [0, 0.1) is 0 Å². The molecular weight excluding hydrogens is 629 g/mol. The van der Waals surface area contributed by atoms with E-state index in [1.165, 1.54) is 0 Å². The molecule has 248 valence electrons. The van der Waals surface area contributed by atoms with Gasteiger partial charge >= 0.3 is 0 Å². The van der Waals surface area contributed by atoms with E-state index in [1.807, 2.05) is 84.9 Å². The van der Waals surface area contributed by atoms with E-state index in [0.717, 1.165) is 22.3 Å². The number of rotatable bonds is 10. The van der Waals surface area contributed by atoms with Crippen molar-refractivity contribution in [3.05, 3.63) is 168 Å². The molecule has 0 spiro atoms. The monoisotopic (exact) mass is 668 g/mol. The summed E-state index contributed by atoms with van der Waals surface area (Å²) in [6.07, 6.45) is 0. The smallest absolute Gasteiger partial charge is 0.206 e. The predicted octanol–water partition coefficient (Wildman–Crippen LogP) is 9.92. The van der Waals surface area contributed by atoms with Crippen molar-refractivity contribution in [3.8, 4) is 23.0 Å². The van der Waals surface area contributed by atoms with Crippen LogP contribution in [0.25, 0.3) is 0 Å². The molecule has 0 atom stereocenters. The van der Waals surface area contributed by atoms with Crippen LogP contribution < -0.4 is 20.9 Å². The van der Waals surface area contributed by atoms with E-state index in [-0.39, 0.29) is 20.6 Å². The Hall–Kier alpha value is -5.53. The molecule has 6 aromatic rings. The first-order valence-electron chi connectivity index (χ1n) is 16.1. The maximum Gasteiger partial charge on any atom is 0.206 e. The first-order chi connectivity index (χ1) is 23.3. The van der Waals surface area contributed by atoms with Gasteiger partial charge in [0.15, 0.2) is 0 Å². The average Bonchev–Trinajstić information content (AvgIpc) is 3.09. The highest BCUT2D eigenvalue weighted by atomic mass is 32.2. The minimum absolute atomic E-state index is 0.118. The second kappa shape index (κ2) is 13.2. The summed E-state index contributed by atoms with van der Waals surface area (Å²) in [7, 11) is -3.89. The van der Waals surface area contributed by atoms with Crippen LogP contribution in [0.2, 0.25) is 0 Å². The summed E-state index contributed by atoms with van der Waals surface area (Å²) in [5.74, 6) is 2.04. The molecule has 0 aromatic heterocycles. The quantitative estimate of drug-likeness (QED) is 0.141. The number of hydrogen-bond donors (Lipinski definition) is 2. The number of benzene rings is 6. The van der Waals surface area contributed by atoms with Gasteiger partial charge in [0, 0.05) is 22.2 Å². The Balaban J connectivity index is 1.21. The Kier molecular flexibility index (Phi) is 8.97. The van der Waals surface area contributed by atoms with Gasteiger partial charge in [0.25, 0.3) is 0 Å². The summed E-state index contributed by atoms with van der Waals surface area (Å²) in [5.41, 5.74) is 17.0. The van der Waals surface area contributed by atoms with Gasteiger partial charge in [-0.2, -0.15) is 0 Å². The van der Waals surface area contributed by atoms with Gasteiger partial charge in [-0.05, 0) is 107 Å². The van der Waals surface area contributed by atoms with Crippen LogP contribution in [-0.4, -0.2) is 8.42 Å². The molecule has 6 nitrogen and oxygen atoms in total. The normalized spacial score (nSPS) is 12.0. The third-order valence-electron chi connectivity index (χ3n) is 9.08. The summed E-state index contributed by atoms with van der Waals surface area (Å²) in [4.78, 5) is 0.237. The largest absolute Gasteiger partial charge is 0.457 e. The molecule has 0 aliphatic carbocycles. The molecule has 7 heteroatoms. The molecule has 0 aliphatic heterocycles. The van der Waals surface area contributed by atoms with E-state index in [9.17, 15) is 8.42 Å². The van der Waals surface area contributed by atoms with Gasteiger partial charge in [0.05, 0.1) is 9.79 Å². The molecule has 0 heterocycles. The third-order valence-corrected chi connectivity index (χ3v) is 10.8. The number of anilines is 2. The van der Waals surface area contributed by atoms with Crippen LogP contribution in [0.5, 0.6) is 23.0 Å². The topological polar surface area (TPSA) is 105 Å². The Morgan fingerprint density at radius 2 is 0.755 bits per heavy atom. The molecule has 0 unspecified atom stereocenters. The molecule has 4 N–H and O–H groups in total. The first-order valence-corrected chi connectivity index (χ1v) is 17.5. The molecule has 0 fully saturated rings. The maximum absolute atomic E-state index is 13.8. The summed E-state index contributed by atoms with van der Waals surface area (Å²) in [6.45, 7) is 8.56. The fourth-order valence-electron chi connectivity index (χ4n) is 5.85. The lowest BCUT2D eigenvalue weighted by Gasteiger charge is -2.26. The van der Waals surface area contributed by atoms with Crippen molar-refractivity contribution in [3.63, 3.8) is 0 Å². The van der Waals surface area contributed by atoms with Crippen LogP contribution in [0.15, 0.2) is 155 Å². The molecule has 0 saturated carbocycles. The van der Waals surface area contributed by atoms with Crippen molar-refractivity contribution in [2.45, 2.75) is 48.3 Å².